The first-order chi connectivity index (χ1) is 18.1. The normalized spacial score (nSPS) is 16.8. The first kappa shape index (κ1) is 25.3. The monoisotopic (exact) mass is 513 g/mol. The van der Waals surface area contributed by atoms with Crippen molar-refractivity contribution in [1.29, 1.82) is 0 Å². The van der Waals surface area contributed by atoms with Gasteiger partial charge in [-0.2, -0.15) is 0 Å². The van der Waals surface area contributed by atoms with Gasteiger partial charge in [0, 0.05) is 50.1 Å². The van der Waals surface area contributed by atoms with Gasteiger partial charge in [-0.1, -0.05) is 48.0 Å². The first-order valence-electron chi connectivity index (χ1n) is 12.9. The number of carbonyl (C=O) groups is 1. The van der Waals surface area contributed by atoms with Crippen LogP contribution in [0.4, 0.5) is 0 Å². The summed E-state index contributed by atoms with van der Waals surface area (Å²) in [6.07, 6.45) is 14.6. The van der Waals surface area contributed by atoms with Gasteiger partial charge in [0.25, 0.3) is 5.91 Å². The smallest absolute Gasteiger partial charge is 0.253 e. The van der Waals surface area contributed by atoms with Crippen LogP contribution in [-0.2, 0) is 19.5 Å². The number of hydrogen-bond acceptors (Lipinski definition) is 5. The van der Waals surface area contributed by atoms with E-state index in [2.05, 4.69) is 56.6 Å². The summed E-state index contributed by atoms with van der Waals surface area (Å²) in [5.74, 6) is -0.189. The number of aliphatic imine (C=N–C) groups is 1. The van der Waals surface area contributed by atoms with E-state index in [-0.39, 0.29) is 11.9 Å². The van der Waals surface area contributed by atoms with Crippen LogP contribution >= 0.6 is 11.6 Å². The predicted octanol–water partition coefficient (Wildman–Crippen LogP) is 6.00. The average Bonchev–Trinajstić information content (AvgIpc) is 2.92. The highest BCUT2D eigenvalue weighted by Crippen LogP contribution is 2.34. The number of nitrogens with zero attached hydrogens (tertiary/aromatic N) is 4. The lowest BCUT2D eigenvalue weighted by molar-refractivity contribution is 0.0950. The van der Waals surface area contributed by atoms with Crippen molar-refractivity contribution in [3.63, 3.8) is 0 Å². The number of amides is 1. The second-order valence-electron chi connectivity index (χ2n) is 9.79. The van der Waals surface area contributed by atoms with E-state index >= 15 is 0 Å². The number of pyridine rings is 2. The lowest BCUT2D eigenvalue weighted by Gasteiger charge is -2.35. The maximum atomic E-state index is 12.7. The fourth-order valence-corrected chi connectivity index (χ4v) is 5.50. The quantitative estimate of drug-likeness (QED) is 0.401. The molecule has 7 heteroatoms. The Balaban J connectivity index is 1.29. The zero-order valence-corrected chi connectivity index (χ0v) is 21.9. The number of aromatic nitrogens is 2. The minimum Gasteiger partial charge on any atom is -0.348 e. The maximum absolute atomic E-state index is 12.7. The molecule has 1 unspecified atom stereocenters. The Kier molecular flexibility index (Phi) is 8.07. The van der Waals surface area contributed by atoms with Gasteiger partial charge in [-0.15, -0.1) is 0 Å². The second kappa shape index (κ2) is 11.8. The van der Waals surface area contributed by atoms with Crippen molar-refractivity contribution >= 4 is 23.2 Å². The molecule has 0 radical (unpaired) electrons. The maximum Gasteiger partial charge on any atom is 0.253 e. The summed E-state index contributed by atoms with van der Waals surface area (Å²) in [6, 6.07) is 13.0. The molecule has 6 nitrogen and oxygen atoms in total. The topological polar surface area (TPSA) is 70.5 Å². The third kappa shape index (κ3) is 6.14. The SMILES string of the molecule is Cc1cncc(Cl)c1C(=O)NCc1ccc(CN(CC2=NC=CCC2)C2CCCc3cccnc32)cc1. The Hall–Kier alpha value is -3.35. The summed E-state index contributed by atoms with van der Waals surface area (Å²) >= 11 is 6.20. The van der Waals surface area contributed by atoms with Gasteiger partial charge in [-0.3, -0.25) is 24.7 Å². The van der Waals surface area contributed by atoms with Gasteiger partial charge in [0.1, 0.15) is 0 Å². The summed E-state index contributed by atoms with van der Waals surface area (Å²) < 4.78 is 0. The van der Waals surface area contributed by atoms with Crippen LogP contribution in [0.25, 0.3) is 0 Å². The molecule has 190 valence electrons. The van der Waals surface area contributed by atoms with Gasteiger partial charge < -0.3 is 5.32 Å². The Labute approximate surface area is 223 Å². The van der Waals surface area contributed by atoms with Gasteiger partial charge in [0.15, 0.2) is 0 Å². The van der Waals surface area contributed by atoms with Gasteiger partial charge in [-0.05, 0) is 67.3 Å². The van der Waals surface area contributed by atoms with Crippen molar-refractivity contribution < 1.29 is 4.79 Å². The van der Waals surface area contributed by atoms with Crippen LogP contribution in [0, 0.1) is 6.92 Å². The number of rotatable bonds is 8. The molecule has 3 aromatic rings. The molecule has 1 aliphatic carbocycles. The Morgan fingerprint density at radius 1 is 1.11 bits per heavy atom. The summed E-state index contributed by atoms with van der Waals surface area (Å²) in [6.45, 7) is 3.93. The molecule has 1 N–H and O–H groups in total. The molecule has 1 aliphatic heterocycles. The predicted molar refractivity (Wildman–Crippen MR) is 148 cm³/mol. The molecule has 0 bridgehead atoms. The molecule has 5 rings (SSSR count). The molecule has 0 spiro atoms. The van der Waals surface area contributed by atoms with Crippen molar-refractivity contribution in [3.05, 3.63) is 106 Å². The van der Waals surface area contributed by atoms with Crippen molar-refractivity contribution in [2.24, 2.45) is 4.99 Å². The number of aryl methyl sites for hydroxylation is 2. The molecule has 1 atom stereocenters. The van der Waals surface area contributed by atoms with Crippen LogP contribution in [0.3, 0.4) is 0 Å². The van der Waals surface area contributed by atoms with E-state index in [1.807, 2.05) is 25.4 Å². The van der Waals surface area contributed by atoms with E-state index in [9.17, 15) is 4.79 Å². The molecule has 1 amide bonds. The molecule has 2 aliphatic rings. The minimum absolute atomic E-state index is 0.189. The summed E-state index contributed by atoms with van der Waals surface area (Å²) in [5.41, 5.74) is 7.32. The number of allylic oxidation sites excluding steroid dienone is 1. The lowest BCUT2D eigenvalue weighted by atomic mass is 9.90. The van der Waals surface area contributed by atoms with Crippen molar-refractivity contribution in [3.8, 4) is 0 Å². The van der Waals surface area contributed by atoms with Gasteiger partial charge >= 0.3 is 0 Å². The largest absolute Gasteiger partial charge is 0.348 e. The van der Waals surface area contributed by atoms with E-state index < -0.39 is 0 Å². The van der Waals surface area contributed by atoms with Crippen LogP contribution in [0.5, 0.6) is 0 Å². The lowest BCUT2D eigenvalue weighted by Crippen LogP contribution is -2.36. The van der Waals surface area contributed by atoms with Gasteiger partial charge in [0.2, 0.25) is 0 Å². The Bertz CT molecular complexity index is 1300. The average molecular weight is 514 g/mol. The zero-order chi connectivity index (χ0) is 25.6. The van der Waals surface area contributed by atoms with E-state index in [0.29, 0.717) is 17.1 Å². The Morgan fingerprint density at radius 3 is 2.73 bits per heavy atom. The fraction of sp³-hybridized carbons (Fsp3) is 0.333. The van der Waals surface area contributed by atoms with E-state index in [4.69, 9.17) is 16.6 Å². The number of nitrogens with one attached hydrogen (secondary N) is 1. The highest BCUT2D eigenvalue weighted by molar-refractivity contribution is 6.33. The van der Waals surface area contributed by atoms with E-state index in [1.165, 1.54) is 35.2 Å². The van der Waals surface area contributed by atoms with Crippen LogP contribution < -0.4 is 5.32 Å². The summed E-state index contributed by atoms with van der Waals surface area (Å²) in [5, 5.41) is 3.35. The molecule has 1 aromatic carbocycles. The van der Waals surface area contributed by atoms with Crippen molar-refractivity contribution in [1.82, 2.24) is 20.2 Å². The number of halogens is 1. The van der Waals surface area contributed by atoms with Crippen molar-refractivity contribution in [2.75, 3.05) is 6.54 Å². The molecule has 0 saturated heterocycles. The number of benzene rings is 1. The standard InChI is InChI=1S/C30H32ClN5O/c1-21-16-32-18-26(31)28(21)30(37)35-17-22-10-12-23(13-11-22)19-36(20-25-8-2-3-14-33-25)27-9-4-6-24-7-5-15-34-29(24)27/h3,5,7,10-16,18,27H,2,4,6,8-9,17,19-20H2,1H3,(H,35,37). The first-order valence-corrected chi connectivity index (χ1v) is 13.3. The van der Waals surface area contributed by atoms with Crippen LogP contribution in [-0.4, -0.2) is 33.0 Å². The molecule has 3 heterocycles. The van der Waals surface area contributed by atoms with Crippen molar-refractivity contribution in [2.45, 2.75) is 58.2 Å². The molecular weight excluding hydrogens is 482 g/mol. The molecule has 37 heavy (non-hydrogen) atoms. The summed E-state index contributed by atoms with van der Waals surface area (Å²) in [4.78, 5) is 28.7. The number of fused-ring (bicyclic) bond motifs is 1. The minimum atomic E-state index is -0.189. The third-order valence-corrected chi connectivity index (χ3v) is 7.42. The summed E-state index contributed by atoms with van der Waals surface area (Å²) in [7, 11) is 0. The third-order valence-electron chi connectivity index (χ3n) is 7.13. The zero-order valence-electron chi connectivity index (χ0n) is 21.2. The molecule has 2 aromatic heterocycles. The fourth-order valence-electron chi connectivity index (χ4n) is 5.21. The highest BCUT2D eigenvalue weighted by Gasteiger charge is 2.28. The highest BCUT2D eigenvalue weighted by atomic mass is 35.5. The van der Waals surface area contributed by atoms with E-state index in [1.54, 1.807) is 6.20 Å². The molecular formula is C30H32ClN5O. The van der Waals surface area contributed by atoms with Crippen LogP contribution in [0.2, 0.25) is 5.02 Å². The van der Waals surface area contributed by atoms with Crippen LogP contribution in [0.1, 0.15) is 70.0 Å². The van der Waals surface area contributed by atoms with Gasteiger partial charge in [0.05, 0.1) is 22.3 Å². The van der Waals surface area contributed by atoms with Crippen LogP contribution in [0.15, 0.2) is 72.3 Å². The number of carbonyl (C=O) groups excluding carboxylic acids is 1. The van der Waals surface area contributed by atoms with E-state index in [0.717, 1.165) is 49.9 Å². The van der Waals surface area contributed by atoms with Gasteiger partial charge in [-0.25, -0.2) is 0 Å². The Morgan fingerprint density at radius 2 is 1.95 bits per heavy atom. The molecule has 0 fully saturated rings. The number of hydrogen-bond donors (Lipinski definition) is 1. The molecule has 0 saturated carbocycles. The second-order valence-corrected chi connectivity index (χ2v) is 10.2.